The maximum atomic E-state index is 11.7. The van der Waals surface area contributed by atoms with Crippen molar-refractivity contribution in [1.29, 1.82) is 0 Å². The van der Waals surface area contributed by atoms with Crippen molar-refractivity contribution in [3.05, 3.63) is 51.7 Å². The van der Waals surface area contributed by atoms with Gasteiger partial charge in [0.2, 0.25) is 17.0 Å². The van der Waals surface area contributed by atoms with E-state index in [0.717, 1.165) is 11.1 Å². The first kappa shape index (κ1) is 13.5. The summed E-state index contributed by atoms with van der Waals surface area (Å²) >= 11 is 1.48. The molecule has 3 rings (SSSR count). The van der Waals surface area contributed by atoms with E-state index in [4.69, 9.17) is 18.8 Å². The van der Waals surface area contributed by atoms with E-state index in [1.807, 2.05) is 17.5 Å². The number of ether oxygens (including phenoxy) is 1. The van der Waals surface area contributed by atoms with E-state index >= 15 is 0 Å². The van der Waals surface area contributed by atoms with Gasteiger partial charge < -0.3 is 18.8 Å². The minimum absolute atomic E-state index is 0.0158. The lowest BCUT2D eigenvalue weighted by Gasteiger charge is -2.01. The second-order valence-corrected chi connectivity index (χ2v) is 4.96. The standard InChI is InChI=1S/C13H10N2O5S/c16-5-8-4-9(17)10(6-18-8)19-7-12-14-13(20-15-12)11-2-1-3-21-11/h1-4,6,16H,5,7H2. The molecule has 0 atom stereocenters. The molecule has 1 N–H and O–H groups in total. The van der Waals surface area contributed by atoms with Crippen LogP contribution in [0.4, 0.5) is 0 Å². The molecule has 21 heavy (non-hydrogen) atoms. The maximum Gasteiger partial charge on any atom is 0.268 e. The van der Waals surface area contributed by atoms with Crippen molar-refractivity contribution < 1.29 is 18.8 Å². The Morgan fingerprint density at radius 1 is 1.43 bits per heavy atom. The zero-order valence-electron chi connectivity index (χ0n) is 10.7. The van der Waals surface area contributed by atoms with Gasteiger partial charge in [0, 0.05) is 6.07 Å². The van der Waals surface area contributed by atoms with Crippen molar-refractivity contribution in [3.63, 3.8) is 0 Å². The van der Waals surface area contributed by atoms with Gasteiger partial charge in [0.05, 0.1) is 4.88 Å². The normalized spacial score (nSPS) is 10.7. The largest absolute Gasteiger partial charge is 0.478 e. The van der Waals surface area contributed by atoms with Crippen LogP contribution in [0.15, 0.2) is 43.6 Å². The highest BCUT2D eigenvalue weighted by Gasteiger charge is 2.11. The molecule has 0 aliphatic rings. The van der Waals surface area contributed by atoms with Crippen LogP contribution in [0.5, 0.6) is 5.75 Å². The first-order valence-electron chi connectivity index (χ1n) is 5.98. The van der Waals surface area contributed by atoms with Crippen LogP contribution in [0, 0.1) is 0 Å². The van der Waals surface area contributed by atoms with Crippen LogP contribution in [0.1, 0.15) is 11.6 Å². The molecule has 0 saturated heterocycles. The summed E-state index contributed by atoms with van der Waals surface area (Å²) in [5.41, 5.74) is -0.382. The van der Waals surface area contributed by atoms with E-state index in [-0.39, 0.29) is 30.2 Å². The second-order valence-electron chi connectivity index (χ2n) is 4.01. The number of aliphatic hydroxyl groups is 1. The Balaban J connectivity index is 1.69. The molecule has 0 fully saturated rings. The Morgan fingerprint density at radius 3 is 3.05 bits per heavy atom. The molecule has 3 aromatic rings. The zero-order chi connectivity index (χ0) is 14.7. The molecule has 8 heteroatoms. The summed E-state index contributed by atoms with van der Waals surface area (Å²) in [4.78, 5) is 16.7. The van der Waals surface area contributed by atoms with Gasteiger partial charge >= 0.3 is 0 Å². The van der Waals surface area contributed by atoms with E-state index < -0.39 is 0 Å². The number of aliphatic hydroxyl groups excluding tert-OH is 1. The van der Waals surface area contributed by atoms with Gasteiger partial charge in [-0.15, -0.1) is 11.3 Å². The predicted molar refractivity (Wildman–Crippen MR) is 72.8 cm³/mol. The minimum Gasteiger partial charge on any atom is -0.478 e. The van der Waals surface area contributed by atoms with Crippen molar-refractivity contribution in [2.75, 3.05) is 0 Å². The van der Waals surface area contributed by atoms with Gasteiger partial charge in [-0.25, -0.2) is 0 Å². The van der Waals surface area contributed by atoms with Crippen LogP contribution in [0.2, 0.25) is 0 Å². The fourth-order valence-electron chi connectivity index (χ4n) is 1.58. The zero-order valence-corrected chi connectivity index (χ0v) is 11.5. The third-order valence-electron chi connectivity index (χ3n) is 2.56. The van der Waals surface area contributed by atoms with Crippen molar-refractivity contribution in [1.82, 2.24) is 10.1 Å². The van der Waals surface area contributed by atoms with Crippen LogP contribution in [0.25, 0.3) is 10.8 Å². The lowest BCUT2D eigenvalue weighted by Crippen LogP contribution is -2.08. The molecule has 0 aliphatic carbocycles. The number of thiophene rings is 1. The summed E-state index contributed by atoms with van der Waals surface area (Å²) in [7, 11) is 0. The molecule has 0 saturated carbocycles. The molecule has 0 aliphatic heterocycles. The van der Waals surface area contributed by atoms with Gasteiger partial charge in [-0.1, -0.05) is 11.2 Å². The minimum atomic E-state index is -0.382. The maximum absolute atomic E-state index is 11.7. The number of rotatable bonds is 5. The van der Waals surface area contributed by atoms with E-state index in [1.165, 1.54) is 17.4 Å². The smallest absolute Gasteiger partial charge is 0.268 e. The number of nitrogens with zero attached hydrogens (tertiary/aromatic N) is 2. The van der Waals surface area contributed by atoms with Crippen LogP contribution < -0.4 is 10.2 Å². The monoisotopic (exact) mass is 306 g/mol. The van der Waals surface area contributed by atoms with Crippen molar-refractivity contribution in [2.24, 2.45) is 0 Å². The van der Waals surface area contributed by atoms with Gasteiger partial charge in [0.15, 0.2) is 6.61 Å². The van der Waals surface area contributed by atoms with Crippen molar-refractivity contribution in [2.45, 2.75) is 13.2 Å². The molecule has 0 amide bonds. The highest BCUT2D eigenvalue weighted by atomic mass is 32.1. The Hall–Kier alpha value is -2.45. The van der Waals surface area contributed by atoms with E-state index in [0.29, 0.717) is 11.7 Å². The summed E-state index contributed by atoms with van der Waals surface area (Å²) < 4.78 is 15.4. The molecule has 0 aromatic carbocycles. The molecule has 3 heterocycles. The predicted octanol–water partition coefficient (Wildman–Crippen LogP) is 1.82. The van der Waals surface area contributed by atoms with E-state index in [1.54, 1.807) is 0 Å². The van der Waals surface area contributed by atoms with Crippen molar-refractivity contribution in [3.8, 4) is 16.5 Å². The number of hydrogen-bond donors (Lipinski definition) is 1. The lowest BCUT2D eigenvalue weighted by molar-refractivity contribution is 0.234. The van der Waals surface area contributed by atoms with Crippen LogP contribution in [0.3, 0.4) is 0 Å². The van der Waals surface area contributed by atoms with Crippen LogP contribution in [-0.4, -0.2) is 15.2 Å². The lowest BCUT2D eigenvalue weighted by atomic mass is 10.4. The summed E-state index contributed by atoms with van der Waals surface area (Å²) in [6.45, 7) is -0.358. The number of hydrogen-bond acceptors (Lipinski definition) is 8. The molecule has 3 aromatic heterocycles. The third-order valence-corrected chi connectivity index (χ3v) is 3.42. The quantitative estimate of drug-likeness (QED) is 0.767. The first-order chi connectivity index (χ1) is 10.3. The molecule has 0 unspecified atom stereocenters. The van der Waals surface area contributed by atoms with Gasteiger partial charge in [0.25, 0.3) is 5.89 Å². The topological polar surface area (TPSA) is 98.6 Å². The van der Waals surface area contributed by atoms with Gasteiger partial charge in [-0.05, 0) is 11.4 Å². The summed E-state index contributed by atoms with van der Waals surface area (Å²) in [6, 6.07) is 4.92. The highest BCUT2D eigenvalue weighted by Crippen LogP contribution is 2.22. The van der Waals surface area contributed by atoms with Gasteiger partial charge in [0.1, 0.15) is 18.6 Å². The molecule has 108 valence electrons. The molecule has 0 radical (unpaired) electrons. The SMILES string of the molecule is O=c1cc(CO)occ1OCc1noc(-c2cccs2)n1. The summed E-state index contributed by atoms with van der Waals surface area (Å²) in [6.07, 6.45) is 1.15. The van der Waals surface area contributed by atoms with E-state index in [9.17, 15) is 4.79 Å². The summed E-state index contributed by atoms with van der Waals surface area (Å²) in [5, 5.41) is 14.5. The Morgan fingerprint density at radius 2 is 2.33 bits per heavy atom. The van der Waals surface area contributed by atoms with Gasteiger partial charge in [-0.3, -0.25) is 4.79 Å². The van der Waals surface area contributed by atoms with Crippen molar-refractivity contribution >= 4 is 11.3 Å². The average Bonchev–Trinajstić information content (AvgIpc) is 3.16. The van der Waals surface area contributed by atoms with Crippen LogP contribution in [-0.2, 0) is 13.2 Å². The fraction of sp³-hybridized carbons (Fsp3) is 0.154. The second kappa shape index (κ2) is 5.90. The Bertz CT molecular complexity index is 778. The molecule has 7 nitrogen and oxygen atoms in total. The third kappa shape index (κ3) is 3.01. The first-order valence-corrected chi connectivity index (χ1v) is 6.86. The Kier molecular flexibility index (Phi) is 3.80. The number of aromatic nitrogens is 2. The van der Waals surface area contributed by atoms with Gasteiger partial charge in [-0.2, -0.15) is 4.98 Å². The summed E-state index contributed by atoms with van der Waals surface area (Å²) in [5.74, 6) is 0.928. The van der Waals surface area contributed by atoms with Crippen LogP contribution >= 0.6 is 11.3 Å². The molecular weight excluding hydrogens is 296 g/mol. The highest BCUT2D eigenvalue weighted by molar-refractivity contribution is 7.13. The van der Waals surface area contributed by atoms with E-state index in [2.05, 4.69) is 10.1 Å². The fourth-order valence-corrected chi connectivity index (χ4v) is 2.23. The molecular formula is C13H10N2O5S. The average molecular weight is 306 g/mol. The Labute approximate surface area is 122 Å². The molecule has 0 spiro atoms. The molecule has 0 bridgehead atoms.